The third-order valence-corrected chi connectivity index (χ3v) is 4.98. The maximum absolute atomic E-state index is 12.9. The molecule has 0 aliphatic rings. The van der Waals surface area contributed by atoms with Crippen LogP contribution in [0, 0.1) is 13.8 Å². The average molecular weight is 422 g/mol. The van der Waals surface area contributed by atoms with Gasteiger partial charge >= 0.3 is 0 Å². The molecule has 2 amide bonds. The minimum Gasteiger partial charge on any atom is -0.325 e. The summed E-state index contributed by atoms with van der Waals surface area (Å²) in [7, 11) is 3.44. The number of benzene rings is 2. The van der Waals surface area contributed by atoms with Crippen molar-refractivity contribution in [3.63, 3.8) is 0 Å². The van der Waals surface area contributed by atoms with E-state index in [1.54, 1.807) is 30.6 Å². The van der Waals surface area contributed by atoms with Gasteiger partial charge in [0.25, 0.3) is 5.56 Å². The Morgan fingerprint density at radius 1 is 0.903 bits per heavy atom. The predicted octanol–water partition coefficient (Wildman–Crippen LogP) is 2.30. The SMILES string of the molecule is Cc1ccc(NC(=O)CN(C)CC(=O)Nc2c(C)n(C)n(-c3ccccc3)c2=O)cc1. The molecular formula is C23H27N5O3. The summed E-state index contributed by atoms with van der Waals surface area (Å²) in [5, 5.41) is 5.50. The summed E-state index contributed by atoms with van der Waals surface area (Å²) in [4.78, 5) is 39.2. The normalized spacial score (nSPS) is 10.9. The number of anilines is 2. The molecule has 0 unspecified atom stereocenters. The summed E-state index contributed by atoms with van der Waals surface area (Å²) in [6.07, 6.45) is 0. The van der Waals surface area contributed by atoms with Crippen molar-refractivity contribution in [2.24, 2.45) is 7.05 Å². The van der Waals surface area contributed by atoms with Gasteiger partial charge in [0.15, 0.2) is 0 Å². The number of para-hydroxylation sites is 1. The molecule has 2 aromatic carbocycles. The minimum atomic E-state index is -0.364. The van der Waals surface area contributed by atoms with Gasteiger partial charge in [0, 0.05) is 12.7 Å². The Labute approximate surface area is 181 Å². The van der Waals surface area contributed by atoms with Crippen molar-refractivity contribution in [2.45, 2.75) is 13.8 Å². The quantitative estimate of drug-likeness (QED) is 0.613. The maximum Gasteiger partial charge on any atom is 0.295 e. The first-order chi connectivity index (χ1) is 14.8. The Morgan fingerprint density at radius 2 is 1.48 bits per heavy atom. The number of aryl methyl sites for hydroxylation is 1. The van der Waals surface area contributed by atoms with E-state index in [0.29, 0.717) is 17.1 Å². The monoisotopic (exact) mass is 421 g/mol. The number of nitrogens with one attached hydrogen (secondary N) is 2. The molecule has 31 heavy (non-hydrogen) atoms. The molecule has 0 aliphatic heterocycles. The molecular weight excluding hydrogens is 394 g/mol. The maximum atomic E-state index is 12.9. The van der Waals surface area contributed by atoms with E-state index in [1.807, 2.05) is 61.5 Å². The van der Waals surface area contributed by atoms with E-state index in [0.717, 1.165) is 5.56 Å². The second-order valence-electron chi connectivity index (χ2n) is 7.57. The molecule has 3 rings (SSSR count). The fourth-order valence-corrected chi connectivity index (χ4v) is 3.27. The van der Waals surface area contributed by atoms with Gasteiger partial charge in [-0.3, -0.25) is 24.0 Å². The fraction of sp³-hybridized carbons (Fsp3) is 0.261. The topological polar surface area (TPSA) is 88.4 Å². The largest absolute Gasteiger partial charge is 0.325 e. The van der Waals surface area contributed by atoms with Gasteiger partial charge in [0.05, 0.1) is 24.5 Å². The molecule has 8 heteroatoms. The van der Waals surface area contributed by atoms with Crippen LogP contribution in [-0.2, 0) is 16.6 Å². The lowest BCUT2D eigenvalue weighted by atomic mass is 10.2. The van der Waals surface area contributed by atoms with E-state index in [4.69, 9.17) is 0 Å². The zero-order chi connectivity index (χ0) is 22.5. The van der Waals surface area contributed by atoms with Gasteiger partial charge in [-0.25, -0.2) is 4.68 Å². The number of rotatable bonds is 7. The molecule has 2 N–H and O–H groups in total. The summed E-state index contributed by atoms with van der Waals surface area (Å²) in [6, 6.07) is 16.7. The number of hydrogen-bond acceptors (Lipinski definition) is 4. The van der Waals surface area contributed by atoms with Gasteiger partial charge in [0.1, 0.15) is 5.69 Å². The second kappa shape index (κ2) is 9.44. The molecule has 1 heterocycles. The van der Waals surface area contributed by atoms with Crippen molar-refractivity contribution < 1.29 is 9.59 Å². The van der Waals surface area contributed by atoms with Crippen molar-refractivity contribution in [3.8, 4) is 5.69 Å². The van der Waals surface area contributed by atoms with Crippen LogP contribution < -0.4 is 16.2 Å². The highest BCUT2D eigenvalue weighted by Crippen LogP contribution is 2.14. The van der Waals surface area contributed by atoms with Gasteiger partial charge in [-0.05, 0) is 45.2 Å². The van der Waals surface area contributed by atoms with Crippen LogP contribution in [0.1, 0.15) is 11.3 Å². The molecule has 8 nitrogen and oxygen atoms in total. The number of amides is 2. The van der Waals surface area contributed by atoms with Crippen LogP contribution in [0.5, 0.6) is 0 Å². The summed E-state index contributed by atoms with van der Waals surface area (Å²) >= 11 is 0. The number of likely N-dealkylation sites (N-methyl/N-ethyl adjacent to an activating group) is 1. The van der Waals surface area contributed by atoms with Crippen LogP contribution in [0.4, 0.5) is 11.4 Å². The van der Waals surface area contributed by atoms with E-state index in [9.17, 15) is 14.4 Å². The van der Waals surface area contributed by atoms with Crippen molar-refractivity contribution >= 4 is 23.2 Å². The highest BCUT2D eigenvalue weighted by Gasteiger charge is 2.19. The molecule has 0 fully saturated rings. The van der Waals surface area contributed by atoms with Crippen LogP contribution in [0.15, 0.2) is 59.4 Å². The Morgan fingerprint density at radius 3 is 2.10 bits per heavy atom. The highest BCUT2D eigenvalue weighted by molar-refractivity contribution is 5.94. The Bertz CT molecular complexity index is 1130. The number of nitrogens with zero attached hydrogens (tertiary/aromatic N) is 3. The Hall–Kier alpha value is -3.65. The van der Waals surface area contributed by atoms with Crippen LogP contribution >= 0.6 is 0 Å². The van der Waals surface area contributed by atoms with Crippen molar-refractivity contribution in [1.82, 2.24) is 14.3 Å². The first-order valence-corrected chi connectivity index (χ1v) is 9.95. The molecule has 0 saturated heterocycles. The predicted molar refractivity (Wildman–Crippen MR) is 122 cm³/mol. The van der Waals surface area contributed by atoms with Gasteiger partial charge in [-0.2, -0.15) is 0 Å². The zero-order valence-corrected chi connectivity index (χ0v) is 18.2. The number of hydrogen-bond donors (Lipinski definition) is 2. The van der Waals surface area contributed by atoms with Crippen LogP contribution in [0.3, 0.4) is 0 Å². The van der Waals surface area contributed by atoms with Gasteiger partial charge in [-0.15, -0.1) is 0 Å². The van der Waals surface area contributed by atoms with Crippen molar-refractivity contribution in [1.29, 1.82) is 0 Å². The van der Waals surface area contributed by atoms with Gasteiger partial charge in [0.2, 0.25) is 11.8 Å². The molecule has 0 atom stereocenters. The number of carbonyl (C=O) groups is 2. The number of aromatic nitrogens is 2. The molecule has 0 spiro atoms. The lowest BCUT2D eigenvalue weighted by molar-refractivity contribution is -0.119. The first-order valence-electron chi connectivity index (χ1n) is 9.95. The zero-order valence-electron chi connectivity index (χ0n) is 18.2. The van der Waals surface area contributed by atoms with E-state index in [1.165, 1.54) is 4.68 Å². The lowest BCUT2D eigenvalue weighted by Crippen LogP contribution is -2.36. The molecule has 0 bridgehead atoms. The minimum absolute atomic E-state index is 0.0274. The third kappa shape index (κ3) is 5.29. The second-order valence-corrected chi connectivity index (χ2v) is 7.57. The van der Waals surface area contributed by atoms with Crippen molar-refractivity contribution in [2.75, 3.05) is 30.8 Å². The third-order valence-electron chi connectivity index (χ3n) is 4.98. The molecule has 1 aromatic heterocycles. The summed E-state index contributed by atoms with van der Waals surface area (Å²) < 4.78 is 3.20. The molecule has 0 radical (unpaired) electrons. The highest BCUT2D eigenvalue weighted by atomic mass is 16.2. The number of carbonyl (C=O) groups excluding carboxylic acids is 2. The standard InChI is InChI=1S/C23H27N5O3/c1-16-10-12-18(13-11-16)24-20(29)14-26(3)15-21(30)25-22-17(2)27(4)28(23(22)31)19-8-6-5-7-9-19/h5-13H,14-15H2,1-4H3,(H,24,29)(H,25,30). The first kappa shape index (κ1) is 22.0. The average Bonchev–Trinajstić information content (AvgIpc) is 2.93. The summed E-state index contributed by atoms with van der Waals surface area (Å²) in [6.45, 7) is 3.76. The molecule has 162 valence electrons. The lowest BCUT2D eigenvalue weighted by Gasteiger charge is -2.15. The molecule has 0 saturated carbocycles. The van der Waals surface area contributed by atoms with Crippen LogP contribution in [-0.4, -0.2) is 46.2 Å². The van der Waals surface area contributed by atoms with Crippen LogP contribution in [0.2, 0.25) is 0 Å². The van der Waals surface area contributed by atoms with E-state index in [-0.39, 0.29) is 36.2 Å². The van der Waals surface area contributed by atoms with Crippen molar-refractivity contribution in [3.05, 3.63) is 76.2 Å². The molecule has 3 aromatic rings. The summed E-state index contributed by atoms with van der Waals surface area (Å²) in [5.74, 6) is -0.585. The van der Waals surface area contributed by atoms with Gasteiger partial charge < -0.3 is 10.6 Å². The van der Waals surface area contributed by atoms with E-state index >= 15 is 0 Å². The Kier molecular flexibility index (Phi) is 6.71. The van der Waals surface area contributed by atoms with Crippen LogP contribution in [0.25, 0.3) is 5.69 Å². The smallest absolute Gasteiger partial charge is 0.295 e. The van der Waals surface area contributed by atoms with E-state index < -0.39 is 0 Å². The van der Waals surface area contributed by atoms with E-state index in [2.05, 4.69) is 10.6 Å². The fourth-order valence-electron chi connectivity index (χ4n) is 3.27. The Balaban J connectivity index is 1.62. The molecule has 0 aliphatic carbocycles. The van der Waals surface area contributed by atoms with Gasteiger partial charge in [-0.1, -0.05) is 35.9 Å². The summed E-state index contributed by atoms with van der Waals surface area (Å²) in [5.41, 5.74) is 3.09.